The second-order valence-electron chi connectivity index (χ2n) is 6.54. The maximum atomic E-state index is 6.52. The fourth-order valence-electron chi connectivity index (χ4n) is 3.34. The molecule has 3 rings (SSSR count). The smallest absolute Gasteiger partial charge is 0.0471 e. The minimum Gasteiger partial charge on any atom is -0.369 e. The summed E-state index contributed by atoms with van der Waals surface area (Å²) in [6.45, 7) is 4.38. The van der Waals surface area contributed by atoms with Crippen LogP contribution < -0.4 is 10.2 Å². The number of halogens is 1. The third kappa shape index (κ3) is 3.92. The fourth-order valence-corrected chi connectivity index (χ4v) is 3.58. The summed E-state index contributed by atoms with van der Waals surface area (Å²) in [4.78, 5) is 2.58. The van der Waals surface area contributed by atoms with Crippen LogP contribution in [0.2, 0.25) is 5.02 Å². The van der Waals surface area contributed by atoms with Crippen LogP contribution in [-0.4, -0.2) is 18.6 Å². The molecular formula is C18H27ClN2. The Bertz CT molecular complexity index is 470. The van der Waals surface area contributed by atoms with Gasteiger partial charge in [0.15, 0.2) is 0 Å². The van der Waals surface area contributed by atoms with Gasteiger partial charge in [-0.1, -0.05) is 37.4 Å². The molecule has 3 heteroatoms. The van der Waals surface area contributed by atoms with E-state index in [2.05, 4.69) is 35.3 Å². The van der Waals surface area contributed by atoms with Gasteiger partial charge >= 0.3 is 0 Å². The Labute approximate surface area is 133 Å². The van der Waals surface area contributed by atoms with Crippen molar-refractivity contribution in [1.82, 2.24) is 5.32 Å². The molecule has 116 valence electrons. The number of nitrogens with one attached hydrogen (secondary N) is 1. The number of hydrogen-bond acceptors (Lipinski definition) is 2. The normalized spacial score (nSPS) is 23.1. The lowest BCUT2D eigenvalue weighted by atomic mass is 10.1. The third-order valence-electron chi connectivity index (χ3n) is 4.88. The largest absolute Gasteiger partial charge is 0.369 e. The molecule has 0 aromatic heterocycles. The molecule has 1 atom stereocenters. The molecule has 2 fully saturated rings. The quantitative estimate of drug-likeness (QED) is 0.844. The summed E-state index contributed by atoms with van der Waals surface area (Å²) in [5, 5.41) is 4.46. The lowest BCUT2D eigenvalue weighted by Gasteiger charge is -2.32. The van der Waals surface area contributed by atoms with E-state index in [0.29, 0.717) is 6.04 Å². The minimum atomic E-state index is 0.680. The van der Waals surface area contributed by atoms with E-state index in [1.807, 2.05) is 0 Å². The number of anilines is 1. The van der Waals surface area contributed by atoms with Crippen LogP contribution in [0.3, 0.4) is 0 Å². The average molecular weight is 307 g/mol. The molecule has 0 bridgehead atoms. The van der Waals surface area contributed by atoms with Crippen molar-refractivity contribution in [1.29, 1.82) is 0 Å². The Hall–Kier alpha value is -0.730. The summed E-state index contributed by atoms with van der Waals surface area (Å²) in [7, 11) is 0. The molecule has 2 nitrogen and oxygen atoms in total. The Morgan fingerprint density at radius 2 is 2.05 bits per heavy atom. The van der Waals surface area contributed by atoms with E-state index in [-0.39, 0.29) is 0 Å². The summed E-state index contributed by atoms with van der Waals surface area (Å²) >= 11 is 6.52. The van der Waals surface area contributed by atoms with Gasteiger partial charge in [0.25, 0.3) is 0 Å². The van der Waals surface area contributed by atoms with E-state index in [1.54, 1.807) is 0 Å². The van der Waals surface area contributed by atoms with Crippen molar-refractivity contribution in [3.8, 4) is 0 Å². The van der Waals surface area contributed by atoms with Crippen LogP contribution in [0.15, 0.2) is 18.2 Å². The second-order valence-corrected chi connectivity index (χ2v) is 6.94. The molecule has 1 heterocycles. The van der Waals surface area contributed by atoms with Gasteiger partial charge in [-0.3, -0.25) is 0 Å². The summed E-state index contributed by atoms with van der Waals surface area (Å²) in [5.74, 6) is 0. The van der Waals surface area contributed by atoms with Crippen molar-refractivity contribution < 1.29 is 0 Å². The van der Waals surface area contributed by atoms with Gasteiger partial charge < -0.3 is 10.2 Å². The van der Waals surface area contributed by atoms with E-state index < -0.39 is 0 Å². The van der Waals surface area contributed by atoms with Gasteiger partial charge in [-0.05, 0) is 49.8 Å². The van der Waals surface area contributed by atoms with Crippen molar-refractivity contribution in [2.75, 3.05) is 11.4 Å². The maximum Gasteiger partial charge on any atom is 0.0471 e. The van der Waals surface area contributed by atoms with Crippen LogP contribution in [0.4, 0.5) is 5.69 Å². The van der Waals surface area contributed by atoms with E-state index in [9.17, 15) is 0 Å². The molecule has 1 saturated heterocycles. The first-order valence-corrected chi connectivity index (χ1v) is 8.94. The van der Waals surface area contributed by atoms with Crippen LogP contribution in [-0.2, 0) is 6.54 Å². The SMILES string of the molecule is CCC1CCCCCN1c1ccc(CNC2CC2)c(Cl)c1. The molecule has 2 aliphatic rings. The standard InChI is InChI=1S/C18H27ClN2/c1-2-16-6-4-3-5-11-21(16)17-10-7-14(18(19)12-17)13-20-15-8-9-15/h7,10,12,15-16,20H,2-6,8-9,11,13H2,1H3. The molecule has 1 aliphatic heterocycles. The van der Waals surface area contributed by atoms with Crippen molar-refractivity contribution in [2.45, 2.75) is 70.5 Å². The molecule has 0 radical (unpaired) electrons. The predicted molar refractivity (Wildman–Crippen MR) is 91.2 cm³/mol. The summed E-state index contributed by atoms with van der Waals surface area (Å²) in [5.41, 5.74) is 2.54. The summed E-state index contributed by atoms with van der Waals surface area (Å²) in [6.07, 6.45) is 9.22. The first-order chi connectivity index (χ1) is 10.3. The molecule has 21 heavy (non-hydrogen) atoms. The molecule has 1 aromatic carbocycles. The zero-order valence-corrected chi connectivity index (χ0v) is 13.8. The van der Waals surface area contributed by atoms with Crippen LogP contribution in [0.5, 0.6) is 0 Å². The van der Waals surface area contributed by atoms with Gasteiger partial charge in [0.05, 0.1) is 0 Å². The Balaban J connectivity index is 1.72. The number of nitrogens with zero attached hydrogens (tertiary/aromatic N) is 1. The highest BCUT2D eigenvalue weighted by molar-refractivity contribution is 6.31. The molecule has 0 amide bonds. The molecule has 1 N–H and O–H groups in total. The molecule has 1 aliphatic carbocycles. The van der Waals surface area contributed by atoms with Gasteiger partial charge in [-0.15, -0.1) is 0 Å². The molecule has 0 spiro atoms. The molecule has 1 aromatic rings. The van der Waals surface area contributed by atoms with Gasteiger partial charge in [0.2, 0.25) is 0 Å². The van der Waals surface area contributed by atoms with E-state index in [0.717, 1.165) is 17.6 Å². The summed E-state index contributed by atoms with van der Waals surface area (Å²) < 4.78 is 0. The van der Waals surface area contributed by atoms with Gasteiger partial charge in [-0.25, -0.2) is 0 Å². The monoisotopic (exact) mass is 306 g/mol. The van der Waals surface area contributed by atoms with Crippen molar-refractivity contribution in [3.05, 3.63) is 28.8 Å². The predicted octanol–water partition coefficient (Wildman–Crippen LogP) is 4.75. The van der Waals surface area contributed by atoms with Crippen LogP contribution in [0.25, 0.3) is 0 Å². The molecular weight excluding hydrogens is 280 g/mol. The van der Waals surface area contributed by atoms with Crippen LogP contribution >= 0.6 is 11.6 Å². The van der Waals surface area contributed by atoms with Crippen molar-refractivity contribution in [3.63, 3.8) is 0 Å². The average Bonchev–Trinajstić information content (AvgIpc) is 3.32. The zero-order valence-electron chi connectivity index (χ0n) is 13.1. The topological polar surface area (TPSA) is 15.3 Å². The van der Waals surface area contributed by atoms with E-state index in [1.165, 1.54) is 62.7 Å². The van der Waals surface area contributed by atoms with Crippen LogP contribution in [0, 0.1) is 0 Å². The highest BCUT2D eigenvalue weighted by atomic mass is 35.5. The number of hydrogen-bond donors (Lipinski definition) is 1. The number of benzene rings is 1. The minimum absolute atomic E-state index is 0.680. The first-order valence-electron chi connectivity index (χ1n) is 8.56. The maximum absolute atomic E-state index is 6.52. The number of rotatable bonds is 5. The zero-order chi connectivity index (χ0) is 14.7. The Morgan fingerprint density at radius 3 is 2.76 bits per heavy atom. The highest BCUT2D eigenvalue weighted by Crippen LogP contribution is 2.30. The Morgan fingerprint density at radius 1 is 1.19 bits per heavy atom. The van der Waals surface area contributed by atoms with E-state index >= 15 is 0 Å². The Kier molecular flexibility index (Phi) is 5.07. The van der Waals surface area contributed by atoms with Gasteiger partial charge in [0, 0.05) is 35.9 Å². The molecule has 1 saturated carbocycles. The fraction of sp³-hybridized carbons (Fsp3) is 0.667. The van der Waals surface area contributed by atoms with Crippen molar-refractivity contribution >= 4 is 17.3 Å². The van der Waals surface area contributed by atoms with Crippen molar-refractivity contribution in [2.24, 2.45) is 0 Å². The van der Waals surface area contributed by atoms with Gasteiger partial charge in [0.1, 0.15) is 0 Å². The van der Waals surface area contributed by atoms with Gasteiger partial charge in [-0.2, -0.15) is 0 Å². The second kappa shape index (κ2) is 7.02. The lowest BCUT2D eigenvalue weighted by Crippen LogP contribution is -2.34. The van der Waals surface area contributed by atoms with E-state index in [4.69, 9.17) is 11.6 Å². The van der Waals surface area contributed by atoms with Crippen LogP contribution in [0.1, 0.15) is 57.4 Å². The molecule has 1 unspecified atom stereocenters. The lowest BCUT2D eigenvalue weighted by molar-refractivity contribution is 0.556. The first kappa shape index (κ1) is 15.2. The summed E-state index contributed by atoms with van der Waals surface area (Å²) in [6, 6.07) is 8.07. The third-order valence-corrected chi connectivity index (χ3v) is 5.23. The highest BCUT2D eigenvalue weighted by Gasteiger charge is 2.22.